The molecule has 0 N–H and O–H groups in total. The third kappa shape index (κ3) is 3.33. The SMILES string of the molecule is COC1CCCC(OCCS)C1. The van der Waals surface area contributed by atoms with Gasteiger partial charge in [0.1, 0.15) is 0 Å². The fourth-order valence-corrected chi connectivity index (χ4v) is 1.79. The molecule has 2 unspecified atom stereocenters. The van der Waals surface area contributed by atoms with Crippen LogP contribution in [0.2, 0.25) is 0 Å². The third-order valence-electron chi connectivity index (χ3n) is 2.36. The van der Waals surface area contributed by atoms with Gasteiger partial charge in [0.25, 0.3) is 0 Å². The highest BCUT2D eigenvalue weighted by Gasteiger charge is 2.21. The molecule has 0 aromatic heterocycles. The molecule has 1 aliphatic rings. The fourth-order valence-electron chi connectivity index (χ4n) is 1.69. The lowest BCUT2D eigenvalue weighted by molar-refractivity contribution is -0.0243. The molecule has 0 bridgehead atoms. The van der Waals surface area contributed by atoms with E-state index in [1.165, 1.54) is 19.3 Å². The molecule has 0 heterocycles. The molecule has 0 radical (unpaired) electrons. The molecule has 2 atom stereocenters. The number of hydrogen-bond acceptors (Lipinski definition) is 3. The minimum Gasteiger partial charge on any atom is -0.381 e. The van der Waals surface area contributed by atoms with Gasteiger partial charge in [0.2, 0.25) is 0 Å². The predicted molar refractivity (Wildman–Crippen MR) is 52.9 cm³/mol. The van der Waals surface area contributed by atoms with Gasteiger partial charge in [-0.15, -0.1) is 0 Å². The summed E-state index contributed by atoms with van der Waals surface area (Å²) in [5, 5.41) is 0. The molecule has 1 aliphatic carbocycles. The van der Waals surface area contributed by atoms with Gasteiger partial charge in [-0.2, -0.15) is 12.6 Å². The van der Waals surface area contributed by atoms with Crippen molar-refractivity contribution in [2.24, 2.45) is 0 Å². The van der Waals surface area contributed by atoms with E-state index < -0.39 is 0 Å². The number of thiol groups is 1. The Labute approximate surface area is 80.0 Å². The van der Waals surface area contributed by atoms with Crippen LogP contribution in [-0.4, -0.2) is 31.7 Å². The standard InChI is InChI=1S/C9H18O2S/c1-10-8-3-2-4-9(7-8)11-5-6-12/h8-9,12H,2-7H2,1H3. The summed E-state index contributed by atoms with van der Waals surface area (Å²) in [6.45, 7) is 0.768. The maximum absolute atomic E-state index is 5.61. The summed E-state index contributed by atoms with van der Waals surface area (Å²) in [6, 6.07) is 0. The van der Waals surface area contributed by atoms with E-state index in [0.29, 0.717) is 12.2 Å². The normalized spacial score (nSPS) is 30.5. The Morgan fingerprint density at radius 3 is 2.75 bits per heavy atom. The Hall–Kier alpha value is 0.270. The van der Waals surface area contributed by atoms with Crippen molar-refractivity contribution in [3.63, 3.8) is 0 Å². The number of ether oxygens (including phenoxy) is 2. The zero-order chi connectivity index (χ0) is 8.81. The van der Waals surface area contributed by atoms with Crippen LogP contribution in [0.15, 0.2) is 0 Å². The van der Waals surface area contributed by atoms with E-state index in [1.54, 1.807) is 7.11 Å². The molecule has 0 aromatic rings. The quantitative estimate of drug-likeness (QED) is 0.682. The summed E-state index contributed by atoms with van der Waals surface area (Å²) in [5.74, 6) is 0.814. The first-order chi connectivity index (χ1) is 5.86. The highest BCUT2D eigenvalue weighted by atomic mass is 32.1. The second kappa shape index (κ2) is 5.84. The number of rotatable bonds is 4. The van der Waals surface area contributed by atoms with Crippen LogP contribution in [0.25, 0.3) is 0 Å². The van der Waals surface area contributed by atoms with Gasteiger partial charge in [-0.3, -0.25) is 0 Å². The molecular weight excluding hydrogens is 172 g/mol. The van der Waals surface area contributed by atoms with Crippen molar-refractivity contribution in [3.8, 4) is 0 Å². The van der Waals surface area contributed by atoms with E-state index >= 15 is 0 Å². The highest BCUT2D eigenvalue weighted by molar-refractivity contribution is 7.80. The molecule has 12 heavy (non-hydrogen) atoms. The maximum atomic E-state index is 5.61. The smallest absolute Gasteiger partial charge is 0.0600 e. The molecule has 0 amide bonds. The molecular formula is C9H18O2S. The van der Waals surface area contributed by atoms with Crippen molar-refractivity contribution < 1.29 is 9.47 Å². The second-order valence-corrected chi connectivity index (χ2v) is 3.69. The summed E-state index contributed by atoms with van der Waals surface area (Å²) < 4.78 is 10.9. The van der Waals surface area contributed by atoms with E-state index in [1.807, 2.05) is 0 Å². The van der Waals surface area contributed by atoms with Crippen LogP contribution in [0, 0.1) is 0 Å². The minimum atomic E-state index is 0.413. The molecule has 3 heteroatoms. The molecule has 72 valence electrons. The van der Waals surface area contributed by atoms with Crippen LogP contribution < -0.4 is 0 Å². The molecule has 2 nitrogen and oxygen atoms in total. The van der Waals surface area contributed by atoms with Gasteiger partial charge in [-0.25, -0.2) is 0 Å². The van der Waals surface area contributed by atoms with Gasteiger partial charge in [-0.1, -0.05) is 0 Å². The third-order valence-corrected chi connectivity index (χ3v) is 2.54. The second-order valence-electron chi connectivity index (χ2n) is 3.24. The van der Waals surface area contributed by atoms with Crippen LogP contribution >= 0.6 is 12.6 Å². The van der Waals surface area contributed by atoms with Crippen LogP contribution in [0.4, 0.5) is 0 Å². The summed E-state index contributed by atoms with van der Waals surface area (Å²) in [6.07, 6.45) is 5.50. The number of hydrogen-bond donors (Lipinski definition) is 1. The lowest BCUT2D eigenvalue weighted by Crippen LogP contribution is -2.27. The van der Waals surface area contributed by atoms with Gasteiger partial charge in [0.15, 0.2) is 0 Å². The van der Waals surface area contributed by atoms with Crippen LogP contribution in [-0.2, 0) is 9.47 Å². The zero-order valence-corrected chi connectivity index (χ0v) is 8.56. The maximum Gasteiger partial charge on any atom is 0.0600 e. The Morgan fingerprint density at radius 1 is 1.33 bits per heavy atom. The van der Waals surface area contributed by atoms with E-state index in [-0.39, 0.29) is 0 Å². The highest BCUT2D eigenvalue weighted by Crippen LogP contribution is 2.22. The zero-order valence-electron chi connectivity index (χ0n) is 7.66. The Balaban J connectivity index is 2.16. The molecule has 0 saturated heterocycles. The summed E-state index contributed by atoms with van der Waals surface area (Å²) in [7, 11) is 1.78. The Kier molecular flexibility index (Phi) is 5.04. The Bertz CT molecular complexity index is 119. The largest absolute Gasteiger partial charge is 0.381 e. The topological polar surface area (TPSA) is 18.5 Å². The van der Waals surface area contributed by atoms with Crippen molar-refractivity contribution in [2.75, 3.05) is 19.5 Å². The predicted octanol–water partition coefficient (Wildman–Crippen LogP) is 1.89. The molecule has 1 fully saturated rings. The van der Waals surface area contributed by atoms with Crippen molar-refractivity contribution >= 4 is 12.6 Å². The molecule has 0 aromatic carbocycles. The summed E-state index contributed by atoms with van der Waals surface area (Å²) >= 11 is 4.11. The van der Waals surface area contributed by atoms with Gasteiger partial charge < -0.3 is 9.47 Å². The van der Waals surface area contributed by atoms with Gasteiger partial charge in [0.05, 0.1) is 18.8 Å². The monoisotopic (exact) mass is 190 g/mol. The average molecular weight is 190 g/mol. The van der Waals surface area contributed by atoms with Crippen molar-refractivity contribution in [1.29, 1.82) is 0 Å². The first-order valence-electron chi connectivity index (χ1n) is 4.62. The number of methoxy groups -OCH3 is 1. The molecule has 0 spiro atoms. The van der Waals surface area contributed by atoms with Crippen molar-refractivity contribution in [2.45, 2.75) is 37.9 Å². The first kappa shape index (κ1) is 10.4. The molecule has 0 aliphatic heterocycles. The summed E-state index contributed by atoms with van der Waals surface area (Å²) in [5.41, 5.74) is 0. The van der Waals surface area contributed by atoms with Crippen molar-refractivity contribution in [3.05, 3.63) is 0 Å². The van der Waals surface area contributed by atoms with E-state index in [9.17, 15) is 0 Å². The first-order valence-corrected chi connectivity index (χ1v) is 5.25. The lowest BCUT2D eigenvalue weighted by Gasteiger charge is -2.27. The van der Waals surface area contributed by atoms with Gasteiger partial charge >= 0.3 is 0 Å². The van der Waals surface area contributed by atoms with E-state index in [4.69, 9.17) is 9.47 Å². The lowest BCUT2D eigenvalue weighted by atomic mass is 9.95. The fraction of sp³-hybridized carbons (Fsp3) is 1.00. The van der Waals surface area contributed by atoms with E-state index in [2.05, 4.69) is 12.6 Å². The molecule has 1 rings (SSSR count). The van der Waals surface area contributed by atoms with Crippen molar-refractivity contribution in [1.82, 2.24) is 0 Å². The van der Waals surface area contributed by atoms with Crippen LogP contribution in [0.3, 0.4) is 0 Å². The van der Waals surface area contributed by atoms with Crippen LogP contribution in [0.5, 0.6) is 0 Å². The summed E-state index contributed by atoms with van der Waals surface area (Å²) in [4.78, 5) is 0. The van der Waals surface area contributed by atoms with E-state index in [0.717, 1.165) is 18.8 Å². The minimum absolute atomic E-state index is 0.413. The van der Waals surface area contributed by atoms with Gasteiger partial charge in [0, 0.05) is 12.9 Å². The van der Waals surface area contributed by atoms with Crippen LogP contribution in [0.1, 0.15) is 25.7 Å². The van der Waals surface area contributed by atoms with Gasteiger partial charge in [-0.05, 0) is 25.7 Å². The average Bonchev–Trinajstić information content (AvgIpc) is 2.15. The molecule has 1 saturated carbocycles. The Morgan fingerprint density at radius 2 is 2.08 bits per heavy atom.